The molecule has 0 saturated heterocycles. The van der Waals surface area contributed by atoms with Gasteiger partial charge in [0.25, 0.3) is 0 Å². The van der Waals surface area contributed by atoms with Gasteiger partial charge in [-0.2, -0.15) is 0 Å². The lowest BCUT2D eigenvalue weighted by molar-refractivity contribution is 0.419. The normalized spacial score (nSPS) is 11.7. The Hall–Kier alpha value is -0.610. The average Bonchev–Trinajstić information content (AvgIpc) is 2.73. The molecule has 0 fully saturated rings. The van der Waals surface area contributed by atoms with Crippen LogP contribution in [-0.2, 0) is 12.4 Å². The van der Waals surface area contributed by atoms with Crippen molar-refractivity contribution in [1.29, 1.82) is 0 Å². The quantitative estimate of drug-likeness (QED) is 0.687. The molecule has 0 aliphatic carbocycles. The Morgan fingerprint density at radius 3 is 2.63 bits per heavy atom. The van der Waals surface area contributed by atoms with Gasteiger partial charge in [0.1, 0.15) is 11.6 Å². The predicted molar refractivity (Wildman–Crippen MR) is 81.0 cm³/mol. The molecule has 0 spiro atoms. The Morgan fingerprint density at radius 2 is 2.05 bits per heavy atom. The molecule has 0 bridgehead atoms. The maximum Gasteiger partial charge on any atom is 0.139 e. The van der Waals surface area contributed by atoms with Crippen molar-refractivity contribution in [3.63, 3.8) is 0 Å². The van der Waals surface area contributed by atoms with Crippen LogP contribution in [-0.4, -0.2) is 9.55 Å². The van der Waals surface area contributed by atoms with Crippen molar-refractivity contribution >= 4 is 38.6 Å². The van der Waals surface area contributed by atoms with Gasteiger partial charge in [0.2, 0.25) is 0 Å². The monoisotopic (exact) mass is 346 g/mol. The van der Waals surface area contributed by atoms with Gasteiger partial charge in [-0.25, -0.2) is 9.37 Å². The highest BCUT2D eigenvalue weighted by atomic mass is 79.9. The van der Waals surface area contributed by atoms with Gasteiger partial charge in [-0.3, -0.25) is 0 Å². The molecule has 0 radical (unpaired) electrons. The fourth-order valence-corrected chi connectivity index (χ4v) is 2.82. The number of rotatable bonds is 5. The highest BCUT2D eigenvalue weighted by molar-refractivity contribution is 9.10. The van der Waals surface area contributed by atoms with Crippen LogP contribution in [0.25, 0.3) is 11.0 Å². The van der Waals surface area contributed by atoms with E-state index < -0.39 is 0 Å². The lowest BCUT2D eigenvalue weighted by Gasteiger charge is -2.15. The molecule has 1 aromatic carbocycles. The smallest absolute Gasteiger partial charge is 0.139 e. The molecule has 2 aromatic rings. The van der Waals surface area contributed by atoms with E-state index in [0.29, 0.717) is 21.8 Å². The maximum absolute atomic E-state index is 13.6. The predicted octanol–water partition coefficient (Wildman–Crippen LogP) is 5.11. The Bertz CT molecular complexity index is 578. The standard InChI is InChI=1S/C14H17BrClFN2/c1-3-9(4-2)8-19-13-5-10(15)11(17)6-12(13)18-14(19)7-16/h5-6,9H,3-4,7-8H2,1-2H3. The second-order valence-corrected chi connectivity index (χ2v) is 5.83. The molecule has 2 rings (SSSR count). The zero-order chi connectivity index (χ0) is 14.0. The first-order chi connectivity index (χ1) is 9.10. The summed E-state index contributed by atoms with van der Waals surface area (Å²) < 4.78 is 16.1. The van der Waals surface area contributed by atoms with Crippen LogP contribution < -0.4 is 0 Å². The van der Waals surface area contributed by atoms with Crippen molar-refractivity contribution in [2.75, 3.05) is 0 Å². The van der Waals surface area contributed by atoms with E-state index in [9.17, 15) is 4.39 Å². The Kier molecular flexibility index (Phi) is 4.85. The number of hydrogen-bond donors (Lipinski definition) is 0. The van der Waals surface area contributed by atoms with Crippen molar-refractivity contribution in [2.24, 2.45) is 5.92 Å². The van der Waals surface area contributed by atoms with Gasteiger partial charge < -0.3 is 4.57 Å². The van der Waals surface area contributed by atoms with Crippen molar-refractivity contribution in [1.82, 2.24) is 9.55 Å². The maximum atomic E-state index is 13.6. The van der Waals surface area contributed by atoms with E-state index in [1.54, 1.807) is 6.07 Å². The van der Waals surface area contributed by atoms with Crippen molar-refractivity contribution in [3.05, 3.63) is 28.2 Å². The molecule has 0 unspecified atom stereocenters. The van der Waals surface area contributed by atoms with Crippen molar-refractivity contribution < 1.29 is 4.39 Å². The molecule has 0 N–H and O–H groups in total. The van der Waals surface area contributed by atoms with Crippen LogP contribution in [0.1, 0.15) is 32.5 Å². The fraction of sp³-hybridized carbons (Fsp3) is 0.500. The van der Waals surface area contributed by atoms with Crippen LogP contribution in [0.4, 0.5) is 4.39 Å². The van der Waals surface area contributed by atoms with E-state index >= 15 is 0 Å². The zero-order valence-electron chi connectivity index (χ0n) is 11.1. The van der Waals surface area contributed by atoms with Crippen LogP contribution in [0.5, 0.6) is 0 Å². The summed E-state index contributed by atoms with van der Waals surface area (Å²) in [5, 5.41) is 0. The average molecular weight is 348 g/mol. The molecule has 0 saturated carbocycles. The third-order valence-electron chi connectivity index (χ3n) is 3.58. The van der Waals surface area contributed by atoms with Crippen molar-refractivity contribution in [3.8, 4) is 0 Å². The van der Waals surface area contributed by atoms with E-state index in [4.69, 9.17) is 11.6 Å². The molecule has 5 heteroatoms. The number of halogens is 3. The van der Waals surface area contributed by atoms with Crippen LogP contribution in [0.2, 0.25) is 0 Å². The van der Waals surface area contributed by atoms with E-state index in [-0.39, 0.29) is 5.82 Å². The number of benzene rings is 1. The van der Waals surface area contributed by atoms with Crippen molar-refractivity contribution in [2.45, 2.75) is 39.1 Å². The van der Waals surface area contributed by atoms with Crippen LogP contribution in [0.3, 0.4) is 0 Å². The first-order valence-corrected chi connectivity index (χ1v) is 7.83. The largest absolute Gasteiger partial charge is 0.327 e. The summed E-state index contributed by atoms with van der Waals surface area (Å²) >= 11 is 9.20. The number of hydrogen-bond acceptors (Lipinski definition) is 1. The lowest BCUT2D eigenvalue weighted by atomic mass is 10.0. The first kappa shape index (κ1) is 14.8. The highest BCUT2D eigenvalue weighted by Gasteiger charge is 2.15. The SMILES string of the molecule is CCC(CC)Cn1c(CCl)nc2cc(F)c(Br)cc21. The molecular weight excluding hydrogens is 331 g/mol. The molecule has 1 aromatic heterocycles. The minimum absolute atomic E-state index is 0.291. The second kappa shape index (κ2) is 6.23. The van der Waals surface area contributed by atoms with Gasteiger partial charge in [-0.1, -0.05) is 26.7 Å². The van der Waals surface area contributed by atoms with Gasteiger partial charge >= 0.3 is 0 Å². The van der Waals surface area contributed by atoms with Gasteiger partial charge in [0.15, 0.2) is 0 Å². The summed E-state index contributed by atoms with van der Waals surface area (Å²) in [4.78, 5) is 4.42. The molecule has 0 aliphatic heterocycles. The molecule has 0 aliphatic rings. The minimum Gasteiger partial charge on any atom is -0.327 e. The first-order valence-electron chi connectivity index (χ1n) is 6.50. The van der Waals surface area contributed by atoms with E-state index in [2.05, 4.69) is 39.3 Å². The Labute approximate surface area is 126 Å². The van der Waals surface area contributed by atoms with Crippen LogP contribution in [0, 0.1) is 11.7 Å². The van der Waals surface area contributed by atoms with E-state index in [0.717, 1.165) is 30.7 Å². The lowest BCUT2D eigenvalue weighted by Crippen LogP contribution is -2.11. The van der Waals surface area contributed by atoms with E-state index in [1.165, 1.54) is 6.07 Å². The fourth-order valence-electron chi connectivity index (χ4n) is 2.28. The van der Waals surface area contributed by atoms with Crippen LogP contribution >= 0.6 is 27.5 Å². The molecule has 104 valence electrons. The molecular formula is C14H17BrClFN2. The molecule has 0 atom stereocenters. The summed E-state index contributed by atoms with van der Waals surface area (Å²) in [6, 6.07) is 3.24. The summed E-state index contributed by atoms with van der Waals surface area (Å²) in [7, 11) is 0. The zero-order valence-corrected chi connectivity index (χ0v) is 13.4. The molecule has 1 heterocycles. The molecule has 0 amide bonds. The number of imidazole rings is 1. The van der Waals surface area contributed by atoms with Gasteiger partial charge in [-0.15, -0.1) is 11.6 Å². The topological polar surface area (TPSA) is 17.8 Å². The number of aromatic nitrogens is 2. The molecule has 19 heavy (non-hydrogen) atoms. The Morgan fingerprint density at radius 1 is 1.37 bits per heavy atom. The number of fused-ring (bicyclic) bond motifs is 1. The van der Waals surface area contributed by atoms with Gasteiger partial charge in [-0.05, 0) is 27.9 Å². The number of alkyl halides is 1. The summed E-state index contributed by atoms with van der Waals surface area (Å²) in [5.74, 6) is 1.44. The Balaban J connectivity index is 2.53. The third-order valence-corrected chi connectivity index (χ3v) is 4.43. The summed E-state index contributed by atoms with van der Waals surface area (Å²) in [6.07, 6.45) is 2.22. The molecule has 2 nitrogen and oxygen atoms in total. The van der Waals surface area contributed by atoms with Crippen LogP contribution in [0.15, 0.2) is 16.6 Å². The summed E-state index contributed by atoms with van der Waals surface area (Å²) in [5.41, 5.74) is 1.61. The summed E-state index contributed by atoms with van der Waals surface area (Å²) in [6.45, 7) is 5.25. The highest BCUT2D eigenvalue weighted by Crippen LogP contribution is 2.26. The van der Waals surface area contributed by atoms with Gasteiger partial charge in [0.05, 0.1) is 21.4 Å². The number of nitrogens with zero attached hydrogens (tertiary/aromatic N) is 2. The third kappa shape index (κ3) is 2.95. The minimum atomic E-state index is -0.291. The van der Waals surface area contributed by atoms with Gasteiger partial charge in [0, 0.05) is 12.6 Å². The van der Waals surface area contributed by atoms with E-state index in [1.807, 2.05) is 0 Å². The second-order valence-electron chi connectivity index (χ2n) is 4.71.